The van der Waals surface area contributed by atoms with Gasteiger partial charge in [-0.2, -0.15) is 0 Å². The van der Waals surface area contributed by atoms with E-state index in [-0.39, 0.29) is 5.60 Å². The van der Waals surface area contributed by atoms with Crippen LogP contribution in [-0.4, -0.2) is 35.1 Å². The van der Waals surface area contributed by atoms with Crippen LogP contribution in [0.3, 0.4) is 0 Å². The smallest absolute Gasteiger partial charge is 0.293 e. The van der Waals surface area contributed by atoms with E-state index >= 15 is 0 Å². The molecule has 0 amide bonds. The number of aromatic nitrogens is 2. The van der Waals surface area contributed by atoms with Crippen molar-refractivity contribution in [3.8, 4) is 0 Å². The highest BCUT2D eigenvalue weighted by Crippen LogP contribution is 2.21. The van der Waals surface area contributed by atoms with Crippen molar-refractivity contribution in [1.29, 1.82) is 0 Å². The molecular weight excluding hydrogens is 278 g/mol. The summed E-state index contributed by atoms with van der Waals surface area (Å²) in [6, 6.07) is 0. The fourth-order valence-electron chi connectivity index (χ4n) is 1.80. The number of carbonyl (C=O) groups excluding carboxylic acids is 1. The van der Waals surface area contributed by atoms with E-state index in [0.29, 0.717) is 17.5 Å². The molecule has 0 radical (unpaired) electrons. The zero-order chi connectivity index (χ0) is 15.0. The van der Waals surface area contributed by atoms with E-state index in [4.69, 9.17) is 11.6 Å². The van der Waals surface area contributed by atoms with Gasteiger partial charge in [-0.05, 0) is 40.2 Å². The monoisotopic (exact) mass is 299 g/mol. The number of ether oxygens (including phenoxy) is 1. The van der Waals surface area contributed by atoms with Gasteiger partial charge in [-0.3, -0.25) is 9.78 Å². The highest BCUT2D eigenvalue weighted by atomic mass is 35.5. The van der Waals surface area contributed by atoms with Crippen molar-refractivity contribution in [2.75, 3.05) is 13.1 Å². The highest BCUT2D eigenvalue weighted by Gasteiger charge is 2.16. The van der Waals surface area contributed by atoms with Gasteiger partial charge in [-0.1, -0.05) is 11.6 Å². The third-order valence-corrected chi connectivity index (χ3v) is 2.92. The summed E-state index contributed by atoms with van der Waals surface area (Å²) in [6.45, 7) is 8.03. The summed E-state index contributed by atoms with van der Waals surface area (Å²) in [6.07, 6.45) is 5.77. The summed E-state index contributed by atoms with van der Waals surface area (Å²) in [5.41, 5.74) is 0.696. The zero-order valence-corrected chi connectivity index (χ0v) is 13.0. The third-order valence-electron chi connectivity index (χ3n) is 2.74. The Bertz CT molecular complexity index is 415. The lowest BCUT2D eigenvalue weighted by Crippen LogP contribution is -2.28. The van der Waals surface area contributed by atoms with Gasteiger partial charge in [0.1, 0.15) is 10.8 Å². The normalized spacial score (nSPS) is 18.7. The predicted molar refractivity (Wildman–Crippen MR) is 78.8 cm³/mol. The van der Waals surface area contributed by atoms with Crippen LogP contribution in [0.1, 0.15) is 45.2 Å². The van der Waals surface area contributed by atoms with E-state index in [2.05, 4.69) is 20.0 Å². The Morgan fingerprint density at radius 3 is 2.65 bits per heavy atom. The van der Waals surface area contributed by atoms with Crippen molar-refractivity contribution in [1.82, 2.24) is 15.3 Å². The Balaban J connectivity index is 0.000000246. The largest absolute Gasteiger partial charge is 0.462 e. The molecule has 1 saturated heterocycles. The van der Waals surface area contributed by atoms with E-state index in [1.165, 1.54) is 12.8 Å². The summed E-state index contributed by atoms with van der Waals surface area (Å²) in [4.78, 5) is 17.9. The average Bonchev–Trinajstić information content (AvgIpc) is 2.39. The quantitative estimate of drug-likeness (QED) is 0.850. The fraction of sp³-hybridized carbons (Fsp3) is 0.643. The maximum absolute atomic E-state index is 9.60. The van der Waals surface area contributed by atoms with Crippen LogP contribution in [0.2, 0.25) is 5.15 Å². The Hall–Kier alpha value is -1.20. The van der Waals surface area contributed by atoms with E-state index in [0.717, 1.165) is 18.8 Å². The standard InChI is InChI=1S/C9H12ClN3.C5H10O2/c10-9-6-12-5-8(13-9)7-2-1-3-11-4-7;1-5(2,3)7-4-6/h5-7,11H,1-4H2;4H,1-3H3. The molecule has 1 aliphatic rings. The zero-order valence-electron chi connectivity index (χ0n) is 12.2. The van der Waals surface area contributed by atoms with Gasteiger partial charge >= 0.3 is 0 Å². The summed E-state index contributed by atoms with van der Waals surface area (Å²) in [5, 5.41) is 3.83. The number of nitrogens with zero attached hydrogens (tertiary/aromatic N) is 2. The molecule has 1 fully saturated rings. The Kier molecular flexibility index (Phi) is 6.88. The number of nitrogens with one attached hydrogen (secondary N) is 1. The van der Waals surface area contributed by atoms with Crippen LogP contribution < -0.4 is 5.32 Å². The molecule has 0 saturated carbocycles. The first kappa shape index (κ1) is 16.9. The number of hydrogen-bond donors (Lipinski definition) is 1. The van der Waals surface area contributed by atoms with E-state index in [1.54, 1.807) is 6.20 Å². The van der Waals surface area contributed by atoms with E-state index in [9.17, 15) is 4.79 Å². The molecular formula is C14H22ClN3O2. The molecule has 1 N–H and O–H groups in total. The number of rotatable bonds is 2. The molecule has 2 heterocycles. The van der Waals surface area contributed by atoms with Gasteiger partial charge in [-0.25, -0.2) is 4.98 Å². The summed E-state index contributed by atoms with van der Waals surface area (Å²) < 4.78 is 4.55. The molecule has 112 valence electrons. The molecule has 6 heteroatoms. The molecule has 1 aromatic rings. The highest BCUT2D eigenvalue weighted by molar-refractivity contribution is 6.29. The van der Waals surface area contributed by atoms with Crippen LogP contribution in [0.5, 0.6) is 0 Å². The van der Waals surface area contributed by atoms with Gasteiger partial charge in [0.05, 0.1) is 11.9 Å². The Morgan fingerprint density at radius 2 is 2.20 bits per heavy atom. The topological polar surface area (TPSA) is 64.1 Å². The van der Waals surface area contributed by atoms with Gasteiger partial charge in [0.2, 0.25) is 0 Å². The molecule has 20 heavy (non-hydrogen) atoms. The minimum absolute atomic E-state index is 0.318. The van der Waals surface area contributed by atoms with Gasteiger partial charge in [0.15, 0.2) is 0 Å². The van der Waals surface area contributed by atoms with Crippen LogP contribution in [0.4, 0.5) is 0 Å². The number of piperidine rings is 1. The number of carbonyl (C=O) groups is 1. The maximum Gasteiger partial charge on any atom is 0.293 e. The second kappa shape index (κ2) is 8.17. The summed E-state index contributed by atoms with van der Waals surface area (Å²) in [7, 11) is 0. The van der Waals surface area contributed by atoms with Gasteiger partial charge in [0, 0.05) is 18.7 Å². The van der Waals surface area contributed by atoms with Crippen molar-refractivity contribution >= 4 is 18.1 Å². The third kappa shape index (κ3) is 6.82. The second-order valence-electron chi connectivity index (χ2n) is 5.64. The summed E-state index contributed by atoms with van der Waals surface area (Å²) >= 11 is 5.77. The van der Waals surface area contributed by atoms with Crippen LogP contribution in [-0.2, 0) is 9.53 Å². The molecule has 5 nitrogen and oxygen atoms in total. The molecule has 0 aliphatic carbocycles. The first-order chi connectivity index (χ1) is 9.42. The van der Waals surface area contributed by atoms with Crippen molar-refractivity contribution in [3.05, 3.63) is 23.2 Å². The van der Waals surface area contributed by atoms with Crippen molar-refractivity contribution in [2.45, 2.75) is 45.1 Å². The van der Waals surface area contributed by atoms with Crippen LogP contribution in [0.15, 0.2) is 12.4 Å². The molecule has 1 aromatic heterocycles. The first-order valence-corrected chi connectivity index (χ1v) is 7.10. The van der Waals surface area contributed by atoms with E-state index in [1.807, 2.05) is 27.0 Å². The van der Waals surface area contributed by atoms with Crippen molar-refractivity contribution in [3.63, 3.8) is 0 Å². The Labute approximate surface area is 125 Å². The van der Waals surface area contributed by atoms with Gasteiger partial charge < -0.3 is 10.1 Å². The minimum atomic E-state index is -0.318. The molecule has 0 aromatic carbocycles. The lowest BCUT2D eigenvalue weighted by atomic mass is 9.97. The SMILES string of the molecule is CC(C)(C)OC=O.Clc1cncc(C2CCCNC2)n1. The lowest BCUT2D eigenvalue weighted by molar-refractivity contribution is -0.138. The second-order valence-corrected chi connectivity index (χ2v) is 6.02. The Morgan fingerprint density at radius 1 is 1.45 bits per heavy atom. The van der Waals surface area contributed by atoms with Crippen LogP contribution >= 0.6 is 11.6 Å². The molecule has 1 unspecified atom stereocenters. The van der Waals surface area contributed by atoms with Crippen LogP contribution in [0.25, 0.3) is 0 Å². The fourth-order valence-corrected chi connectivity index (χ4v) is 1.96. The molecule has 0 bridgehead atoms. The number of hydrogen-bond acceptors (Lipinski definition) is 5. The average molecular weight is 300 g/mol. The van der Waals surface area contributed by atoms with E-state index < -0.39 is 0 Å². The lowest BCUT2D eigenvalue weighted by Gasteiger charge is -2.21. The minimum Gasteiger partial charge on any atom is -0.462 e. The van der Waals surface area contributed by atoms with Crippen molar-refractivity contribution < 1.29 is 9.53 Å². The molecule has 0 spiro atoms. The maximum atomic E-state index is 9.60. The first-order valence-electron chi connectivity index (χ1n) is 6.72. The molecule has 1 atom stereocenters. The molecule has 2 rings (SSSR count). The van der Waals surface area contributed by atoms with Gasteiger partial charge in [0.25, 0.3) is 6.47 Å². The van der Waals surface area contributed by atoms with Crippen molar-refractivity contribution in [2.24, 2.45) is 0 Å². The van der Waals surface area contributed by atoms with Crippen LogP contribution in [0, 0.1) is 0 Å². The van der Waals surface area contributed by atoms with Gasteiger partial charge in [-0.15, -0.1) is 0 Å². The number of halogens is 1. The molecule has 1 aliphatic heterocycles. The summed E-state index contributed by atoms with van der Waals surface area (Å²) in [5.74, 6) is 0.486. The predicted octanol–water partition coefficient (Wildman–Crippen LogP) is 2.55.